The molecule has 0 saturated carbocycles. The van der Waals surface area contributed by atoms with Gasteiger partial charge in [-0.1, -0.05) is 0 Å². The van der Waals surface area contributed by atoms with E-state index in [0.29, 0.717) is 18.7 Å². The Hall–Kier alpha value is -1.36. The molecule has 1 aliphatic heterocycles. The lowest BCUT2D eigenvalue weighted by Gasteiger charge is -2.05. The fourth-order valence-electron chi connectivity index (χ4n) is 0.993. The van der Waals surface area contributed by atoms with Gasteiger partial charge in [-0.05, 0) is 12.0 Å². The molecule has 66 valence electrons. The molecule has 5 nitrogen and oxygen atoms in total. The van der Waals surface area contributed by atoms with Crippen molar-refractivity contribution >= 4 is 11.8 Å². The summed E-state index contributed by atoms with van der Waals surface area (Å²) in [6.07, 6.45) is 2.44. The first kappa shape index (κ1) is 8.73. The molecule has 5 heteroatoms. The zero-order valence-electron chi connectivity index (χ0n) is 6.53. The molecule has 12 heavy (non-hydrogen) atoms. The predicted octanol–water partition coefficient (Wildman–Crippen LogP) is -0.567. The van der Waals surface area contributed by atoms with E-state index in [9.17, 15) is 4.79 Å². The van der Waals surface area contributed by atoms with Crippen LogP contribution in [-0.2, 0) is 4.79 Å². The van der Waals surface area contributed by atoms with Gasteiger partial charge < -0.3 is 16.6 Å². The first-order valence-corrected chi connectivity index (χ1v) is 3.58. The van der Waals surface area contributed by atoms with Crippen LogP contribution in [0.2, 0.25) is 0 Å². The molecule has 0 fully saturated rings. The van der Waals surface area contributed by atoms with Gasteiger partial charge in [0.15, 0.2) is 0 Å². The van der Waals surface area contributed by atoms with Gasteiger partial charge in [0, 0.05) is 12.6 Å². The highest BCUT2D eigenvalue weighted by molar-refractivity contribution is 5.85. The minimum atomic E-state index is -0.999. The molecular formula is C7H11N3O2. The van der Waals surface area contributed by atoms with Crippen LogP contribution in [0.3, 0.4) is 0 Å². The molecule has 0 saturated heterocycles. The Labute approximate surface area is 69.8 Å². The minimum absolute atomic E-state index is 0.319. The van der Waals surface area contributed by atoms with E-state index < -0.39 is 12.0 Å². The fourth-order valence-corrected chi connectivity index (χ4v) is 0.993. The Balaban J connectivity index is 2.40. The average molecular weight is 169 g/mol. The highest BCUT2D eigenvalue weighted by atomic mass is 16.4. The van der Waals surface area contributed by atoms with Crippen LogP contribution in [0.5, 0.6) is 0 Å². The summed E-state index contributed by atoms with van der Waals surface area (Å²) in [5, 5.41) is 8.49. The lowest BCUT2D eigenvalue weighted by Crippen LogP contribution is -2.30. The Morgan fingerprint density at radius 2 is 2.50 bits per heavy atom. The van der Waals surface area contributed by atoms with Crippen LogP contribution in [-0.4, -0.2) is 23.0 Å². The largest absolute Gasteiger partial charge is 0.480 e. The van der Waals surface area contributed by atoms with Gasteiger partial charge in [-0.3, -0.25) is 4.79 Å². The van der Waals surface area contributed by atoms with Crippen molar-refractivity contribution in [3.8, 4) is 0 Å². The van der Waals surface area contributed by atoms with Crippen LogP contribution in [0, 0.1) is 0 Å². The monoisotopic (exact) mass is 169 g/mol. The minimum Gasteiger partial charge on any atom is -0.480 e. The summed E-state index contributed by atoms with van der Waals surface area (Å²) >= 11 is 0. The Morgan fingerprint density at radius 1 is 1.83 bits per heavy atom. The second kappa shape index (κ2) is 3.36. The Bertz CT molecular complexity index is 257. The first-order chi connectivity index (χ1) is 5.59. The summed E-state index contributed by atoms with van der Waals surface area (Å²) in [6, 6.07) is -0.850. The molecule has 0 bridgehead atoms. The van der Waals surface area contributed by atoms with Crippen molar-refractivity contribution in [2.75, 3.05) is 0 Å². The van der Waals surface area contributed by atoms with Gasteiger partial charge in [-0.15, -0.1) is 0 Å². The van der Waals surface area contributed by atoms with E-state index in [1.165, 1.54) is 0 Å². The van der Waals surface area contributed by atoms with Crippen LogP contribution in [0.1, 0.15) is 12.8 Å². The molecule has 0 aliphatic carbocycles. The number of carboxylic acid groups (broad SMARTS) is 1. The SMILES string of the molecule is NC1=NC=C(C[C@H](N)C(=O)O)C1. The zero-order valence-corrected chi connectivity index (χ0v) is 6.53. The second-order valence-electron chi connectivity index (χ2n) is 2.73. The van der Waals surface area contributed by atoms with Gasteiger partial charge in [0.25, 0.3) is 0 Å². The number of carboxylic acids is 1. The molecule has 1 heterocycles. The van der Waals surface area contributed by atoms with Gasteiger partial charge in [0.05, 0.1) is 0 Å². The van der Waals surface area contributed by atoms with Gasteiger partial charge >= 0.3 is 5.97 Å². The number of rotatable bonds is 3. The molecule has 1 atom stereocenters. The average Bonchev–Trinajstić information content (AvgIpc) is 2.35. The van der Waals surface area contributed by atoms with E-state index in [4.69, 9.17) is 16.6 Å². The highest BCUT2D eigenvalue weighted by Gasteiger charge is 2.16. The standard InChI is InChI=1S/C7H11N3O2/c8-5(7(11)12)1-4-2-6(9)10-3-4/h3,5H,1-2,8H2,(H2,9,10)(H,11,12)/t5-/m0/s1. The number of carbonyl (C=O) groups is 1. The lowest BCUT2D eigenvalue weighted by molar-refractivity contribution is -0.138. The molecule has 1 aliphatic rings. The van der Waals surface area contributed by atoms with E-state index >= 15 is 0 Å². The Kier molecular flexibility index (Phi) is 2.44. The third-order valence-corrected chi connectivity index (χ3v) is 1.62. The number of nitrogens with two attached hydrogens (primary N) is 2. The maximum atomic E-state index is 10.3. The maximum Gasteiger partial charge on any atom is 0.320 e. The molecule has 1 rings (SSSR count). The van der Waals surface area contributed by atoms with Gasteiger partial charge in [-0.2, -0.15) is 0 Å². The number of aliphatic carboxylic acids is 1. The third kappa shape index (κ3) is 2.06. The molecular weight excluding hydrogens is 158 g/mol. The fraction of sp³-hybridized carbons (Fsp3) is 0.429. The summed E-state index contributed by atoms with van der Waals surface area (Å²) in [4.78, 5) is 14.2. The van der Waals surface area contributed by atoms with Crippen molar-refractivity contribution < 1.29 is 9.90 Å². The van der Waals surface area contributed by atoms with Gasteiger partial charge in [0.1, 0.15) is 11.9 Å². The van der Waals surface area contributed by atoms with Crippen molar-refractivity contribution in [2.45, 2.75) is 18.9 Å². The van der Waals surface area contributed by atoms with Crippen LogP contribution in [0.15, 0.2) is 16.8 Å². The van der Waals surface area contributed by atoms with E-state index in [-0.39, 0.29) is 0 Å². The molecule has 0 amide bonds. The topological polar surface area (TPSA) is 102 Å². The normalized spacial score (nSPS) is 18.4. The maximum absolute atomic E-state index is 10.3. The number of hydrogen-bond donors (Lipinski definition) is 3. The molecule has 0 unspecified atom stereocenters. The van der Waals surface area contributed by atoms with E-state index in [1.807, 2.05) is 0 Å². The summed E-state index contributed by atoms with van der Waals surface area (Å²) in [5.41, 5.74) is 11.6. The quantitative estimate of drug-likeness (QED) is 0.526. The lowest BCUT2D eigenvalue weighted by atomic mass is 10.1. The molecule has 0 aromatic rings. The molecule has 5 N–H and O–H groups in total. The van der Waals surface area contributed by atoms with E-state index in [0.717, 1.165) is 5.57 Å². The molecule has 0 aromatic heterocycles. The zero-order chi connectivity index (χ0) is 9.14. The summed E-state index contributed by atoms with van der Waals surface area (Å²) in [7, 11) is 0. The van der Waals surface area contributed by atoms with Crippen molar-refractivity contribution in [1.82, 2.24) is 0 Å². The van der Waals surface area contributed by atoms with Crippen molar-refractivity contribution in [3.63, 3.8) is 0 Å². The molecule has 0 spiro atoms. The summed E-state index contributed by atoms with van der Waals surface area (Å²) in [5.74, 6) is -0.482. The van der Waals surface area contributed by atoms with E-state index in [1.54, 1.807) is 6.20 Å². The smallest absolute Gasteiger partial charge is 0.320 e. The van der Waals surface area contributed by atoms with Crippen molar-refractivity contribution in [2.24, 2.45) is 16.5 Å². The van der Waals surface area contributed by atoms with Crippen LogP contribution in [0.4, 0.5) is 0 Å². The van der Waals surface area contributed by atoms with Crippen molar-refractivity contribution in [3.05, 3.63) is 11.8 Å². The Morgan fingerprint density at radius 3 is 2.92 bits per heavy atom. The highest BCUT2D eigenvalue weighted by Crippen LogP contribution is 2.14. The van der Waals surface area contributed by atoms with Crippen molar-refractivity contribution in [1.29, 1.82) is 0 Å². The molecule has 0 aromatic carbocycles. The number of aliphatic imine (C=N–C) groups is 1. The van der Waals surface area contributed by atoms with Gasteiger partial charge in [-0.25, -0.2) is 4.99 Å². The predicted molar refractivity (Wildman–Crippen MR) is 44.6 cm³/mol. The first-order valence-electron chi connectivity index (χ1n) is 3.58. The third-order valence-electron chi connectivity index (χ3n) is 1.62. The summed E-state index contributed by atoms with van der Waals surface area (Å²) in [6.45, 7) is 0. The number of amidine groups is 1. The number of hydrogen-bond acceptors (Lipinski definition) is 4. The van der Waals surface area contributed by atoms with Crippen LogP contribution in [0.25, 0.3) is 0 Å². The second-order valence-corrected chi connectivity index (χ2v) is 2.73. The van der Waals surface area contributed by atoms with Crippen LogP contribution < -0.4 is 11.5 Å². The van der Waals surface area contributed by atoms with Crippen LogP contribution >= 0.6 is 0 Å². The van der Waals surface area contributed by atoms with E-state index in [2.05, 4.69) is 4.99 Å². The molecule has 0 radical (unpaired) electrons. The number of nitrogens with zero attached hydrogens (tertiary/aromatic N) is 1. The summed E-state index contributed by atoms with van der Waals surface area (Å²) < 4.78 is 0. The van der Waals surface area contributed by atoms with Gasteiger partial charge in [0.2, 0.25) is 0 Å².